The van der Waals surface area contributed by atoms with Gasteiger partial charge in [0.2, 0.25) is 0 Å². The van der Waals surface area contributed by atoms with E-state index < -0.39 is 6.17 Å². The van der Waals surface area contributed by atoms with Crippen LogP contribution >= 0.6 is 0 Å². The highest BCUT2D eigenvalue weighted by molar-refractivity contribution is 5.64. The Kier molecular flexibility index (Phi) is 9.72. The monoisotopic (exact) mass is 438 g/mol. The summed E-state index contributed by atoms with van der Waals surface area (Å²) in [5.41, 5.74) is 5.59. The first-order chi connectivity index (χ1) is 15.0. The van der Waals surface area contributed by atoms with Gasteiger partial charge in [0, 0.05) is 37.1 Å². The minimum atomic E-state index is -0.870. The van der Waals surface area contributed by atoms with E-state index in [1.54, 1.807) is 6.08 Å². The van der Waals surface area contributed by atoms with Crippen LogP contribution in [-0.2, 0) is 0 Å². The van der Waals surface area contributed by atoms with Crippen LogP contribution in [0.5, 0.6) is 0 Å². The molecule has 178 valence electrons. The second-order valence-electron chi connectivity index (χ2n) is 9.68. The van der Waals surface area contributed by atoms with Gasteiger partial charge in [-0.25, -0.2) is 4.39 Å². The van der Waals surface area contributed by atoms with Crippen molar-refractivity contribution in [1.29, 1.82) is 0 Å². The fourth-order valence-corrected chi connectivity index (χ4v) is 4.96. The molecule has 6 N–H and O–H groups in total. The van der Waals surface area contributed by atoms with Crippen molar-refractivity contribution in [3.8, 4) is 0 Å². The molecule has 1 saturated heterocycles. The third-order valence-electron chi connectivity index (χ3n) is 6.95. The van der Waals surface area contributed by atoms with E-state index in [4.69, 9.17) is 10.8 Å². The van der Waals surface area contributed by atoms with Crippen LogP contribution < -0.4 is 21.7 Å². The highest BCUT2D eigenvalue weighted by Gasteiger charge is 2.43. The summed E-state index contributed by atoms with van der Waals surface area (Å²) in [7, 11) is 0. The van der Waals surface area contributed by atoms with Gasteiger partial charge in [0.15, 0.2) is 0 Å². The standard InChI is InChI=1S/C23H43FN6O/c1-16(2)19-14-27-30-22(26-13-17-8-5-6-10-20(17)24)12-21(29-23(19)30)28-18(15-31)9-4-3-7-11-25/h6,10,14,16-23,26,28-29,31H,3-5,7-9,11-13,15,25H2,1-2H3/t17?,18-,19?,20?,21?,22?,23?/m1/s1. The molecule has 0 aromatic rings. The average Bonchev–Trinajstić information content (AvgIpc) is 3.19. The number of hydrogen-bond donors (Lipinski definition) is 5. The van der Waals surface area contributed by atoms with Crippen LogP contribution in [0.15, 0.2) is 17.3 Å². The normalized spacial score (nSPS) is 33.8. The lowest BCUT2D eigenvalue weighted by molar-refractivity contribution is 0.00669. The van der Waals surface area contributed by atoms with Crippen molar-refractivity contribution >= 4 is 6.21 Å². The molecule has 1 aliphatic carbocycles. The maximum Gasteiger partial charge on any atom is 0.122 e. The summed E-state index contributed by atoms with van der Waals surface area (Å²) in [5, 5.41) is 27.7. The minimum Gasteiger partial charge on any atom is -0.395 e. The lowest BCUT2D eigenvalue weighted by Crippen LogP contribution is -2.67. The predicted molar refractivity (Wildman–Crippen MR) is 124 cm³/mol. The number of nitrogens with two attached hydrogens (primary N) is 1. The Morgan fingerprint density at radius 2 is 2.16 bits per heavy atom. The van der Waals surface area contributed by atoms with E-state index >= 15 is 0 Å². The molecule has 31 heavy (non-hydrogen) atoms. The van der Waals surface area contributed by atoms with Crippen LogP contribution in [0.25, 0.3) is 0 Å². The van der Waals surface area contributed by atoms with Crippen molar-refractivity contribution in [2.45, 2.75) is 89.5 Å². The fraction of sp³-hybridized carbons (Fsp3) is 0.870. The molecule has 0 amide bonds. The second kappa shape index (κ2) is 12.3. The van der Waals surface area contributed by atoms with Crippen molar-refractivity contribution in [3.05, 3.63) is 12.2 Å². The fourth-order valence-electron chi connectivity index (χ4n) is 4.96. The summed E-state index contributed by atoms with van der Waals surface area (Å²) < 4.78 is 14.3. The number of hydrazone groups is 1. The number of aliphatic hydroxyl groups excluding tert-OH is 1. The molecule has 7 atom stereocenters. The second-order valence-corrected chi connectivity index (χ2v) is 9.68. The lowest BCUT2D eigenvalue weighted by Gasteiger charge is -2.45. The van der Waals surface area contributed by atoms with Crippen molar-refractivity contribution in [1.82, 2.24) is 21.0 Å². The number of alkyl halides is 1. The highest BCUT2D eigenvalue weighted by Crippen LogP contribution is 2.29. The van der Waals surface area contributed by atoms with E-state index in [1.165, 1.54) is 0 Å². The third kappa shape index (κ3) is 6.71. The van der Waals surface area contributed by atoms with Gasteiger partial charge < -0.3 is 10.8 Å². The van der Waals surface area contributed by atoms with Crippen LogP contribution in [0.1, 0.15) is 58.8 Å². The average molecular weight is 439 g/mol. The summed E-state index contributed by atoms with van der Waals surface area (Å²) in [5.74, 6) is 0.803. The topological polar surface area (TPSA) is 97.9 Å². The molecule has 3 aliphatic rings. The molecular weight excluding hydrogens is 395 g/mol. The number of halogens is 1. The lowest BCUT2D eigenvalue weighted by atomic mass is 9.91. The molecule has 3 rings (SSSR count). The predicted octanol–water partition coefficient (Wildman–Crippen LogP) is 1.90. The minimum absolute atomic E-state index is 0.0185. The van der Waals surface area contributed by atoms with Gasteiger partial charge in [-0.2, -0.15) is 5.10 Å². The van der Waals surface area contributed by atoms with Gasteiger partial charge in [-0.3, -0.25) is 21.0 Å². The third-order valence-corrected chi connectivity index (χ3v) is 6.95. The molecule has 0 bridgehead atoms. The number of allylic oxidation sites excluding steroid dienone is 2. The van der Waals surface area contributed by atoms with E-state index in [2.05, 4.69) is 41.0 Å². The highest BCUT2D eigenvalue weighted by atomic mass is 19.1. The number of unbranched alkanes of at least 4 members (excludes halogenated alkanes) is 2. The van der Waals surface area contributed by atoms with Gasteiger partial charge in [0.05, 0.1) is 12.8 Å². The number of rotatable bonds is 12. The van der Waals surface area contributed by atoms with Crippen molar-refractivity contribution in [2.75, 3.05) is 19.7 Å². The summed E-state index contributed by atoms with van der Waals surface area (Å²) in [6, 6.07) is 0.0565. The van der Waals surface area contributed by atoms with Crippen molar-refractivity contribution < 1.29 is 9.50 Å². The van der Waals surface area contributed by atoms with Gasteiger partial charge >= 0.3 is 0 Å². The van der Waals surface area contributed by atoms with Crippen molar-refractivity contribution in [2.24, 2.45) is 28.6 Å². The molecule has 2 heterocycles. The Hall–Kier alpha value is -1.06. The summed E-state index contributed by atoms with van der Waals surface area (Å²) in [6.07, 6.45) is 11.8. The van der Waals surface area contributed by atoms with E-state index in [9.17, 15) is 9.50 Å². The Labute approximate surface area is 187 Å². The Morgan fingerprint density at radius 1 is 1.32 bits per heavy atom. The molecule has 0 spiro atoms. The number of aliphatic hydroxyl groups is 1. The maximum atomic E-state index is 14.3. The zero-order valence-electron chi connectivity index (χ0n) is 19.2. The zero-order valence-corrected chi connectivity index (χ0v) is 19.2. The van der Waals surface area contributed by atoms with Crippen LogP contribution in [-0.4, -0.2) is 66.7 Å². The van der Waals surface area contributed by atoms with Gasteiger partial charge in [0.25, 0.3) is 0 Å². The first kappa shape index (κ1) is 24.6. The molecule has 7 nitrogen and oxygen atoms in total. The molecule has 0 saturated carbocycles. The van der Waals surface area contributed by atoms with Crippen LogP contribution in [0.4, 0.5) is 4.39 Å². The smallest absolute Gasteiger partial charge is 0.122 e. The summed E-state index contributed by atoms with van der Waals surface area (Å²) >= 11 is 0. The van der Waals surface area contributed by atoms with Gasteiger partial charge in [-0.1, -0.05) is 38.8 Å². The van der Waals surface area contributed by atoms with Gasteiger partial charge in [-0.15, -0.1) is 0 Å². The van der Waals surface area contributed by atoms with Crippen LogP contribution in [0, 0.1) is 17.8 Å². The van der Waals surface area contributed by atoms with Gasteiger partial charge in [-0.05, 0) is 38.1 Å². The van der Waals surface area contributed by atoms with Gasteiger partial charge in [0.1, 0.15) is 18.5 Å². The maximum absolute atomic E-state index is 14.3. The van der Waals surface area contributed by atoms with E-state index in [0.29, 0.717) is 18.4 Å². The molecule has 8 heteroatoms. The largest absolute Gasteiger partial charge is 0.395 e. The molecule has 0 aromatic heterocycles. The Balaban J connectivity index is 1.60. The van der Waals surface area contributed by atoms with E-state index in [0.717, 1.165) is 51.5 Å². The van der Waals surface area contributed by atoms with Crippen LogP contribution in [0.2, 0.25) is 0 Å². The number of hydrogen-bond acceptors (Lipinski definition) is 7. The van der Waals surface area contributed by atoms with Crippen LogP contribution in [0.3, 0.4) is 0 Å². The molecule has 0 radical (unpaired) electrons. The molecule has 6 unspecified atom stereocenters. The molecule has 0 aromatic carbocycles. The van der Waals surface area contributed by atoms with Crippen molar-refractivity contribution in [3.63, 3.8) is 0 Å². The number of fused-ring (bicyclic) bond motifs is 1. The first-order valence-electron chi connectivity index (χ1n) is 12.2. The Morgan fingerprint density at radius 3 is 2.87 bits per heavy atom. The molecule has 2 aliphatic heterocycles. The first-order valence-corrected chi connectivity index (χ1v) is 12.2. The SMILES string of the molecule is CC(C)C1C=NN2C(NCC3CCC=CC3F)CC(N[C@@H](CO)CCCCCN)NC12. The Bertz CT molecular complexity index is 588. The van der Waals surface area contributed by atoms with E-state index in [1.807, 2.05) is 6.08 Å². The van der Waals surface area contributed by atoms with E-state index in [-0.39, 0.29) is 37.1 Å². The summed E-state index contributed by atoms with van der Waals surface area (Å²) in [6.45, 7) is 5.93. The quantitative estimate of drug-likeness (QED) is 0.236. The summed E-state index contributed by atoms with van der Waals surface area (Å²) in [4.78, 5) is 0. The number of nitrogens with one attached hydrogen (secondary N) is 3. The zero-order chi connectivity index (χ0) is 22.2. The molecular formula is C23H43FN6O. The molecule has 1 fully saturated rings. The number of nitrogens with zero attached hydrogens (tertiary/aromatic N) is 2.